The quantitative estimate of drug-likeness (QED) is 0.799. The molecule has 1 aromatic heterocycles. The Bertz CT molecular complexity index is 910. The van der Waals surface area contributed by atoms with Gasteiger partial charge in [-0.25, -0.2) is 0 Å². The fourth-order valence-corrected chi connectivity index (χ4v) is 2.37. The van der Waals surface area contributed by atoms with E-state index >= 15 is 0 Å². The van der Waals surface area contributed by atoms with Crippen molar-refractivity contribution in [1.29, 1.82) is 0 Å². The van der Waals surface area contributed by atoms with Crippen LogP contribution in [-0.2, 0) is 11.2 Å². The van der Waals surface area contributed by atoms with E-state index in [9.17, 15) is 9.59 Å². The molecule has 5 heteroatoms. The Morgan fingerprint density at radius 2 is 1.82 bits per heavy atom. The van der Waals surface area contributed by atoms with Crippen molar-refractivity contribution in [2.75, 3.05) is 0 Å². The van der Waals surface area contributed by atoms with Crippen molar-refractivity contribution in [2.24, 2.45) is 0 Å². The van der Waals surface area contributed by atoms with Crippen LogP contribution in [0.4, 0.5) is 0 Å². The SMILES string of the molecule is O=C(O)Cc1ccc2oc(-c3ccc(Cl)cc3)cc(=O)c2c1. The zero-order valence-electron chi connectivity index (χ0n) is 11.4. The third-order valence-corrected chi connectivity index (χ3v) is 3.53. The summed E-state index contributed by atoms with van der Waals surface area (Å²) in [5.41, 5.74) is 1.52. The molecule has 0 aliphatic carbocycles. The number of carbonyl (C=O) groups is 1. The van der Waals surface area contributed by atoms with Gasteiger partial charge in [0, 0.05) is 16.7 Å². The van der Waals surface area contributed by atoms with Crippen molar-refractivity contribution in [2.45, 2.75) is 6.42 Å². The number of benzene rings is 2. The maximum atomic E-state index is 12.2. The number of carboxylic acids is 1. The van der Waals surface area contributed by atoms with Gasteiger partial charge in [0.15, 0.2) is 5.43 Å². The molecule has 3 rings (SSSR count). The summed E-state index contributed by atoms with van der Waals surface area (Å²) < 4.78 is 5.74. The van der Waals surface area contributed by atoms with Crippen LogP contribution in [0.1, 0.15) is 5.56 Å². The maximum Gasteiger partial charge on any atom is 0.307 e. The van der Waals surface area contributed by atoms with Crippen molar-refractivity contribution in [3.63, 3.8) is 0 Å². The molecular weight excluding hydrogens is 304 g/mol. The van der Waals surface area contributed by atoms with Gasteiger partial charge >= 0.3 is 5.97 Å². The fraction of sp³-hybridized carbons (Fsp3) is 0.0588. The molecule has 0 saturated heterocycles. The van der Waals surface area contributed by atoms with Crippen LogP contribution in [0.15, 0.2) is 57.7 Å². The molecule has 0 fully saturated rings. The number of halogens is 1. The van der Waals surface area contributed by atoms with E-state index in [4.69, 9.17) is 21.1 Å². The second kappa shape index (κ2) is 5.66. The highest BCUT2D eigenvalue weighted by molar-refractivity contribution is 6.30. The summed E-state index contributed by atoms with van der Waals surface area (Å²) in [6, 6.07) is 13.2. The lowest BCUT2D eigenvalue weighted by Gasteiger charge is -2.05. The van der Waals surface area contributed by atoms with Crippen LogP contribution in [0.2, 0.25) is 5.02 Å². The van der Waals surface area contributed by atoms with Gasteiger partial charge in [-0.15, -0.1) is 0 Å². The van der Waals surface area contributed by atoms with Crippen LogP contribution in [0.25, 0.3) is 22.3 Å². The van der Waals surface area contributed by atoms with E-state index in [0.717, 1.165) is 5.56 Å². The summed E-state index contributed by atoms with van der Waals surface area (Å²) >= 11 is 5.84. The second-order valence-electron chi connectivity index (χ2n) is 4.88. The molecule has 0 radical (unpaired) electrons. The summed E-state index contributed by atoms with van der Waals surface area (Å²) in [6.45, 7) is 0. The number of fused-ring (bicyclic) bond motifs is 1. The zero-order valence-corrected chi connectivity index (χ0v) is 12.1. The minimum Gasteiger partial charge on any atom is -0.481 e. The lowest BCUT2D eigenvalue weighted by atomic mass is 10.1. The summed E-state index contributed by atoms with van der Waals surface area (Å²) in [4.78, 5) is 23.0. The average Bonchev–Trinajstić information content (AvgIpc) is 2.48. The molecule has 3 aromatic rings. The van der Waals surface area contributed by atoms with Gasteiger partial charge in [0.25, 0.3) is 0 Å². The monoisotopic (exact) mass is 314 g/mol. The first-order valence-electron chi connectivity index (χ1n) is 6.57. The summed E-state index contributed by atoms with van der Waals surface area (Å²) in [5.74, 6) is -0.498. The van der Waals surface area contributed by atoms with Gasteiger partial charge in [-0.3, -0.25) is 9.59 Å². The second-order valence-corrected chi connectivity index (χ2v) is 5.32. The van der Waals surface area contributed by atoms with Crippen molar-refractivity contribution in [3.8, 4) is 11.3 Å². The Balaban J connectivity index is 2.11. The van der Waals surface area contributed by atoms with E-state index in [1.165, 1.54) is 6.07 Å². The van der Waals surface area contributed by atoms with Crippen molar-refractivity contribution >= 4 is 28.5 Å². The zero-order chi connectivity index (χ0) is 15.7. The number of hydrogen-bond donors (Lipinski definition) is 1. The molecule has 0 spiro atoms. The lowest BCUT2D eigenvalue weighted by Crippen LogP contribution is -2.04. The van der Waals surface area contributed by atoms with Gasteiger partial charge in [0.2, 0.25) is 0 Å². The van der Waals surface area contributed by atoms with Gasteiger partial charge in [0.1, 0.15) is 11.3 Å². The van der Waals surface area contributed by atoms with Crippen LogP contribution in [0, 0.1) is 0 Å². The Hall–Kier alpha value is -2.59. The third kappa shape index (κ3) is 2.87. The normalized spacial score (nSPS) is 10.8. The largest absolute Gasteiger partial charge is 0.481 e. The molecule has 0 saturated carbocycles. The minimum atomic E-state index is -0.943. The van der Waals surface area contributed by atoms with Crippen LogP contribution >= 0.6 is 11.6 Å². The number of rotatable bonds is 3. The Morgan fingerprint density at radius 3 is 2.50 bits per heavy atom. The molecule has 1 heterocycles. The molecule has 0 aliphatic heterocycles. The molecule has 0 unspecified atom stereocenters. The highest BCUT2D eigenvalue weighted by Gasteiger charge is 2.09. The number of aliphatic carboxylic acids is 1. The summed E-state index contributed by atoms with van der Waals surface area (Å²) in [5, 5.41) is 9.78. The molecule has 2 aromatic carbocycles. The van der Waals surface area contributed by atoms with Gasteiger partial charge < -0.3 is 9.52 Å². The third-order valence-electron chi connectivity index (χ3n) is 3.28. The standard InChI is InChI=1S/C17H11ClO4/c18-12-4-2-11(3-5-12)16-9-14(19)13-7-10(8-17(20)21)1-6-15(13)22-16/h1-7,9H,8H2,(H,20,21). The molecule has 0 aliphatic rings. The van der Waals surface area contributed by atoms with Gasteiger partial charge in [-0.05, 0) is 42.0 Å². The van der Waals surface area contributed by atoms with Gasteiger partial charge in [-0.2, -0.15) is 0 Å². The molecule has 1 N–H and O–H groups in total. The van der Waals surface area contributed by atoms with Crippen LogP contribution in [-0.4, -0.2) is 11.1 Å². The first-order chi connectivity index (χ1) is 10.5. The molecule has 110 valence electrons. The molecule has 22 heavy (non-hydrogen) atoms. The topological polar surface area (TPSA) is 67.5 Å². The maximum absolute atomic E-state index is 12.2. The number of carboxylic acid groups (broad SMARTS) is 1. The van der Waals surface area contributed by atoms with E-state index in [2.05, 4.69) is 0 Å². The first kappa shape index (κ1) is 14.4. The predicted molar refractivity (Wildman–Crippen MR) is 84.3 cm³/mol. The first-order valence-corrected chi connectivity index (χ1v) is 6.95. The molecule has 0 atom stereocenters. The smallest absolute Gasteiger partial charge is 0.307 e. The Labute approximate surface area is 130 Å². The lowest BCUT2D eigenvalue weighted by molar-refractivity contribution is -0.136. The molecular formula is C17H11ClO4. The minimum absolute atomic E-state index is 0.131. The fourth-order valence-electron chi connectivity index (χ4n) is 2.24. The van der Waals surface area contributed by atoms with Crippen LogP contribution in [0.3, 0.4) is 0 Å². The Kier molecular flexibility index (Phi) is 3.69. The summed E-state index contributed by atoms with van der Waals surface area (Å²) in [7, 11) is 0. The highest BCUT2D eigenvalue weighted by Crippen LogP contribution is 2.24. The van der Waals surface area contributed by atoms with E-state index in [-0.39, 0.29) is 11.8 Å². The van der Waals surface area contributed by atoms with Crippen LogP contribution in [0.5, 0.6) is 0 Å². The summed E-state index contributed by atoms with van der Waals surface area (Å²) in [6.07, 6.45) is -0.131. The van der Waals surface area contributed by atoms with Crippen molar-refractivity contribution < 1.29 is 14.3 Å². The molecule has 4 nitrogen and oxygen atoms in total. The van der Waals surface area contributed by atoms with Gasteiger partial charge in [-0.1, -0.05) is 17.7 Å². The average molecular weight is 315 g/mol. The van der Waals surface area contributed by atoms with E-state index in [0.29, 0.717) is 27.3 Å². The predicted octanol–water partition coefficient (Wildman–Crippen LogP) is 3.74. The van der Waals surface area contributed by atoms with E-state index in [1.54, 1.807) is 42.5 Å². The number of hydrogen-bond acceptors (Lipinski definition) is 3. The Morgan fingerprint density at radius 1 is 1.09 bits per heavy atom. The van der Waals surface area contributed by atoms with Crippen LogP contribution < -0.4 is 5.43 Å². The molecule has 0 amide bonds. The highest BCUT2D eigenvalue weighted by atomic mass is 35.5. The molecule has 0 bridgehead atoms. The van der Waals surface area contributed by atoms with E-state index in [1.807, 2.05) is 0 Å². The van der Waals surface area contributed by atoms with Crippen molar-refractivity contribution in [3.05, 3.63) is 69.3 Å². The van der Waals surface area contributed by atoms with Crippen molar-refractivity contribution in [1.82, 2.24) is 0 Å². The van der Waals surface area contributed by atoms with Gasteiger partial charge in [0.05, 0.1) is 11.8 Å². The van der Waals surface area contributed by atoms with E-state index < -0.39 is 5.97 Å².